The van der Waals surface area contributed by atoms with Gasteiger partial charge in [0, 0.05) is 19.2 Å². The molecular formula is C9H11N5O. The number of nitrogens with two attached hydrogens (primary N) is 1. The van der Waals surface area contributed by atoms with Gasteiger partial charge in [0.25, 0.3) is 0 Å². The molecule has 0 aliphatic heterocycles. The third-order valence-electron chi connectivity index (χ3n) is 1.88. The first-order chi connectivity index (χ1) is 7.29. The van der Waals surface area contributed by atoms with Gasteiger partial charge < -0.3 is 10.5 Å². The van der Waals surface area contributed by atoms with Crippen molar-refractivity contribution < 1.29 is 4.74 Å². The molecule has 0 unspecified atom stereocenters. The van der Waals surface area contributed by atoms with Crippen molar-refractivity contribution in [2.24, 2.45) is 12.8 Å². The Morgan fingerprint density at radius 1 is 1.53 bits per heavy atom. The lowest BCUT2D eigenvalue weighted by molar-refractivity contribution is 0.448. The van der Waals surface area contributed by atoms with Gasteiger partial charge in [-0.05, 0) is 6.07 Å². The van der Waals surface area contributed by atoms with E-state index >= 15 is 0 Å². The Balaban J connectivity index is 2.23. The molecule has 0 fully saturated rings. The summed E-state index contributed by atoms with van der Waals surface area (Å²) >= 11 is 0. The number of aryl methyl sites for hydroxylation is 1. The number of rotatable bonds is 3. The van der Waals surface area contributed by atoms with E-state index in [9.17, 15) is 0 Å². The largest absolute Gasteiger partial charge is 0.434 e. The molecule has 0 bridgehead atoms. The van der Waals surface area contributed by atoms with Crippen molar-refractivity contribution in [3.63, 3.8) is 0 Å². The zero-order valence-electron chi connectivity index (χ0n) is 8.29. The minimum atomic E-state index is 0.366. The first-order valence-electron chi connectivity index (χ1n) is 4.46. The predicted molar refractivity (Wildman–Crippen MR) is 53.2 cm³/mol. The van der Waals surface area contributed by atoms with Gasteiger partial charge in [0.1, 0.15) is 0 Å². The molecule has 0 atom stereocenters. The average molecular weight is 205 g/mol. The maximum atomic E-state index is 5.54. The Labute approximate surface area is 86.7 Å². The minimum Gasteiger partial charge on any atom is -0.434 e. The van der Waals surface area contributed by atoms with Gasteiger partial charge in [-0.3, -0.25) is 4.68 Å². The molecule has 2 rings (SSSR count). The summed E-state index contributed by atoms with van der Waals surface area (Å²) in [5.41, 5.74) is 6.35. The van der Waals surface area contributed by atoms with E-state index in [-0.39, 0.29) is 0 Å². The Hall–Kier alpha value is -1.95. The lowest BCUT2D eigenvalue weighted by Gasteiger charge is -2.04. The van der Waals surface area contributed by atoms with Gasteiger partial charge in [-0.25, -0.2) is 0 Å². The maximum Gasteiger partial charge on any atom is 0.243 e. The lowest BCUT2D eigenvalue weighted by Crippen LogP contribution is -2.01. The third kappa shape index (κ3) is 2.10. The highest BCUT2D eigenvalue weighted by Gasteiger charge is 2.06. The van der Waals surface area contributed by atoms with Crippen LogP contribution in [-0.4, -0.2) is 20.0 Å². The molecule has 6 nitrogen and oxygen atoms in total. The molecule has 6 heteroatoms. The number of hydrogen-bond acceptors (Lipinski definition) is 5. The summed E-state index contributed by atoms with van der Waals surface area (Å²) in [6, 6.07) is 1.78. The highest BCUT2D eigenvalue weighted by molar-refractivity contribution is 5.28. The highest BCUT2D eigenvalue weighted by atomic mass is 16.5. The molecule has 2 aromatic rings. The summed E-state index contributed by atoms with van der Waals surface area (Å²) in [5, 5.41) is 11.6. The minimum absolute atomic E-state index is 0.366. The molecule has 0 aliphatic rings. The van der Waals surface area contributed by atoms with Crippen LogP contribution in [0.25, 0.3) is 0 Å². The fourth-order valence-electron chi connectivity index (χ4n) is 1.15. The lowest BCUT2D eigenvalue weighted by atomic mass is 10.3. The van der Waals surface area contributed by atoms with E-state index in [1.54, 1.807) is 29.3 Å². The molecule has 2 aromatic heterocycles. The number of nitrogens with zero attached hydrogens (tertiary/aromatic N) is 4. The Kier molecular flexibility index (Phi) is 2.59. The van der Waals surface area contributed by atoms with Crippen LogP contribution in [0.2, 0.25) is 0 Å². The first kappa shape index (κ1) is 9.60. The summed E-state index contributed by atoms with van der Waals surface area (Å²) in [5.74, 6) is 1.04. The van der Waals surface area contributed by atoms with E-state index < -0.39 is 0 Å². The van der Waals surface area contributed by atoms with Gasteiger partial charge >= 0.3 is 0 Å². The van der Waals surface area contributed by atoms with Crippen LogP contribution >= 0.6 is 0 Å². The molecule has 2 N–H and O–H groups in total. The van der Waals surface area contributed by atoms with Crippen LogP contribution < -0.4 is 10.5 Å². The van der Waals surface area contributed by atoms with Crippen LogP contribution in [0.1, 0.15) is 5.56 Å². The van der Waals surface area contributed by atoms with Crippen molar-refractivity contribution in [1.29, 1.82) is 0 Å². The molecule has 0 aromatic carbocycles. The van der Waals surface area contributed by atoms with Crippen LogP contribution in [0.5, 0.6) is 11.6 Å². The quantitative estimate of drug-likeness (QED) is 0.787. The van der Waals surface area contributed by atoms with Gasteiger partial charge in [-0.1, -0.05) is 0 Å². The van der Waals surface area contributed by atoms with E-state index in [1.165, 1.54) is 0 Å². The topological polar surface area (TPSA) is 78.8 Å². The molecular weight excluding hydrogens is 194 g/mol. The second-order valence-electron chi connectivity index (χ2n) is 3.02. The molecule has 0 aliphatic carbocycles. The number of ether oxygens (including phenoxy) is 1. The smallest absolute Gasteiger partial charge is 0.243 e. The molecule has 78 valence electrons. The zero-order chi connectivity index (χ0) is 10.7. The molecule has 0 saturated heterocycles. The summed E-state index contributed by atoms with van der Waals surface area (Å²) in [6.07, 6.45) is 4.93. The van der Waals surface area contributed by atoms with Crippen LogP contribution in [0.4, 0.5) is 0 Å². The second kappa shape index (κ2) is 4.05. The van der Waals surface area contributed by atoms with E-state index in [1.807, 2.05) is 7.05 Å². The van der Waals surface area contributed by atoms with Crippen molar-refractivity contribution in [1.82, 2.24) is 20.0 Å². The van der Waals surface area contributed by atoms with Crippen LogP contribution in [0.15, 0.2) is 24.7 Å². The number of aromatic nitrogens is 4. The predicted octanol–water partition coefficient (Wildman–Crippen LogP) is 0.461. The second-order valence-corrected chi connectivity index (χ2v) is 3.02. The van der Waals surface area contributed by atoms with Gasteiger partial charge in [-0.15, -0.1) is 5.10 Å². The van der Waals surface area contributed by atoms with Crippen molar-refractivity contribution in [2.45, 2.75) is 6.54 Å². The fraction of sp³-hybridized carbons (Fsp3) is 0.222. The van der Waals surface area contributed by atoms with Gasteiger partial charge in [0.2, 0.25) is 5.88 Å². The summed E-state index contributed by atoms with van der Waals surface area (Å²) in [4.78, 5) is 0. The normalized spacial score (nSPS) is 10.3. The van der Waals surface area contributed by atoms with Gasteiger partial charge in [0.05, 0.1) is 18.6 Å². The van der Waals surface area contributed by atoms with Crippen LogP contribution in [0.3, 0.4) is 0 Å². The Morgan fingerprint density at radius 3 is 3.07 bits per heavy atom. The van der Waals surface area contributed by atoms with Crippen molar-refractivity contribution in [2.75, 3.05) is 0 Å². The summed E-state index contributed by atoms with van der Waals surface area (Å²) in [6.45, 7) is 0.366. The fourth-order valence-corrected chi connectivity index (χ4v) is 1.15. The first-order valence-corrected chi connectivity index (χ1v) is 4.46. The molecule has 0 amide bonds. The maximum absolute atomic E-state index is 5.54. The molecule has 0 spiro atoms. The monoisotopic (exact) mass is 205 g/mol. The molecule has 2 heterocycles. The van der Waals surface area contributed by atoms with Crippen LogP contribution in [0, 0.1) is 0 Å². The van der Waals surface area contributed by atoms with Crippen molar-refractivity contribution in [3.8, 4) is 11.6 Å². The van der Waals surface area contributed by atoms with Crippen molar-refractivity contribution in [3.05, 3.63) is 30.2 Å². The van der Waals surface area contributed by atoms with E-state index in [0.29, 0.717) is 18.2 Å². The van der Waals surface area contributed by atoms with Crippen LogP contribution in [-0.2, 0) is 13.6 Å². The SMILES string of the molecule is Cn1cc(Oc2nnccc2CN)cn1. The van der Waals surface area contributed by atoms with Gasteiger partial charge in [0.15, 0.2) is 5.75 Å². The van der Waals surface area contributed by atoms with E-state index in [0.717, 1.165) is 5.56 Å². The third-order valence-corrected chi connectivity index (χ3v) is 1.88. The zero-order valence-corrected chi connectivity index (χ0v) is 8.29. The van der Waals surface area contributed by atoms with Crippen molar-refractivity contribution >= 4 is 0 Å². The van der Waals surface area contributed by atoms with Gasteiger partial charge in [-0.2, -0.15) is 10.2 Å². The number of hydrogen-bond donors (Lipinski definition) is 1. The Bertz CT molecular complexity index is 453. The Morgan fingerprint density at radius 2 is 2.40 bits per heavy atom. The highest BCUT2D eigenvalue weighted by Crippen LogP contribution is 2.20. The van der Waals surface area contributed by atoms with E-state index in [2.05, 4.69) is 15.3 Å². The standard InChI is InChI=1S/C9H11N5O/c1-14-6-8(5-12-14)15-9-7(4-10)2-3-11-13-9/h2-3,5-6H,4,10H2,1H3. The van der Waals surface area contributed by atoms with E-state index in [4.69, 9.17) is 10.5 Å². The summed E-state index contributed by atoms with van der Waals surface area (Å²) < 4.78 is 7.13. The molecule has 15 heavy (non-hydrogen) atoms. The molecule has 0 saturated carbocycles. The molecule has 0 radical (unpaired) electrons. The average Bonchev–Trinajstić information content (AvgIpc) is 2.65. The summed E-state index contributed by atoms with van der Waals surface area (Å²) in [7, 11) is 1.81.